The summed E-state index contributed by atoms with van der Waals surface area (Å²) in [6.07, 6.45) is 3.45. The monoisotopic (exact) mass is 309 g/mol. The Morgan fingerprint density at radius 1 is 1.43 bits per heavy atom. The summed E-state index contributed by atoms with van der Waals surface area (Å²) in [6, 6.07) is -0.188. The molecule has 6 nitrogen and oxygen atoms in total. The van der Waals surface area contributed by atoms with E-state index in [4.69, 9.17) is 0 Å². The minimum atomic E-state index is -1.03. The molecule has 3 rings (SSSR count). The highest BCUT2D eigenvalue weighted by atomic mass is 32.1. The molecule has 1 aromatic rings. The molecule has 3 unspecified atom stereocenters. The van der Waals surface area contributed by atoms with E-state index in [-0.39, 0.29) is 17.5 Å². The van der Waals surface area contributed by atoms with Gasteiger partial charge in [-0.05, 0) is 49.7 Å². The Morgan fingerprint density at radius 2 is 2.19 bits per heavy atom. The molecule has 1 saturated heterocycles. The molecule has 1 aliphatic carbocycles. The average Bonchev–Trinajstić information content (AvgIpc) is 3.10. The van der Waals surface area contributed by atoms with Gasteiger partial charge in [-0.15, -0.1) is 0 Å². The van der Waals surface area contributed by atoms with Crippen LogP contribution in [0.1, 0.15) is 35.3 Å². The fourth-order valence-electron chi connectivity index (χ4n) is 3.60. The predicted octanol–water partition coefficient (Wildman–Crippen LogP) is 1.50. The van der Waals surface area contributed by atoms with Crippen LogP contribution in [-0.2, 0) is 4.79 Å². The molecule has 0 radical (unpaired) electrons. The van der Waals surface area contributed by atoms with Gasteiger partial charge in [0.15, 0.2) is 0 Å². The van der Waals surface area contributed by atoms with Crippen molar-refractivity contribution in [3.8, 4) is 0 Å². The molecule has 3 atom stereocenters. The van der Waals surface area contributed by atoms with Crippen LogP contribution in [0.15, 0.2) is 0 Å². The molecule has 2 aliphatic rings. The Morgan fingerprint density at radius 3 is 2.90 bits per heavy atom. The van der Waals surface area contributed by atoms with Crippen LogP contribution < -0.4 is 10.2 Å². The van der Waals surface area contributed by atoms with Crippen molar-refractivity contribution in [1.82, 2.24) is 9.69 Å². The van der Waals surface area contributed by atoms with Gasteiger partial charge in [-0.1, -0.05) is 6.42 Å². The number of hydrogen-bond donors (Lipinski definition) is 2. The summed E-state index contributed by atoms with van der Waals surface area (Å²) in [7, 11) is 1.64. The van der Waals surface area contributed by atoms with Gasteiger partial charge < -0.3 is 15.3 Å². The Kier molecular flexibility index (Phi) is 3.71. The zero-order valence-electron chi connectivity index (χ0n) is 12.1. The lowest BCUT2D eigenvalue weighted by Gasteiger charge is -2.23. The number of nitrogens with zero attached hydrogens (tertiary/aromatic N) is 2. The van der Waals surface area contributed by atoms with E-state index in [1.54, 1.807) is 14.0 Å². The van der Waals surface area contributed by atoms with E-state index in [1.807, 2.05) is 0 Å². The van der Waals surface area contributed by atoms with Crippen LogP contribution >= 0.6 is 11.5 Å². The number of aromatic carboxylic acids is 1. The first kappa shape index (κ1) is 14.5. The third-order valence-electron chi connectivity index (χ3n) is 4.71. The highest BCUT2D eigenvalue weighted by molar-refractivity contribution is 7.11. The van der Waals surface area contributed by atoms with Crippen molar-refractivity contribution in [3.63, 3.8) is 0 Å². The number of carbonyl (C=O) groups is 2. The molecule has 2 N–H and O–H groups in total. The van der Waals surface area contributed by atoms with Gasteiger partial charge in [-0.25, -0.2) is 4.79 Å². The molecule has 1 aliphatic heterocycles. The molecular formula is C14H19N3O3S. The molecule has 1 saturated carbocycles. The smallest absolute Gasteiger partial charge is 0.340 e. The Labute approximate surface area is 127 Å². The zero-order chi connectivity index (χ0) is 15.1. The summed E-state index contributed by atoms with van der Waals surface area (Å²) in [5.74, 6) is -0.0960. The first-order valence-electron chi connectivity index (χ1n) is 7.21. The Hall–Kier alpha value is -1.47. The maximum atomic E-state index is 12.7. The quantitative estimate of drug-likeness (QED) is 0.884. The SMILES string of the molecule is Cc1nsc(N(C)C(=O)C2NCC3CCCC32)c1C(=O)O. The van der Waals surface area contributed by atoms with Crippen LogP contribution in [0.2, 0.25) is 0 Å². The van der Waals surface area contributed by atoms with E-state index < -0.39 is 5.97 Å². The van der Waals surface area contributed by atoms with Crippen molar-refractivity contribution in [2.45, 2.75) is 32.2 Å². The number of rotatable bonds is 3. The van der Waals surface area contributed by atoms with E-state index in [0.717, 1.165) is 24.5 Å². The van der Waals surface area contributed by atoms with Gasteiger partial charge in [-0.3, -0.25) is 4.79 Å². The highest BCUT2D eigenvalue weighted by Crippen LogP contribution is 2.39. The summed E-state index contributed by atoms with van der Waals surface area (Å²) < 4.78 is 4.08. The molecule has 0 bridgehead atoms. The molecule has 1 amide bonds. The van der Waals surface area contributed by atoms with E-state index in [2.05, 4.69) is 9.69 Å². The van der Waals surface area contributed by atoms with Crippen molar-refractivity contribution in [3.05, 3.63) is 11.3 Å². The maximum absolute atomic E-state index is 12.7. The fraction of sp³-hybridized carbons (Fsp3) is 0.643. The standard InChI is InChI=1S/C14H19N3O3S/c1-7-10(14(19)20)13(21-16-7)17(2)12(18)11-9-5-3-4-8(9)6-15-11/h8-9,11,15H,3-6H2,1-2H3,(H,19,20). The molecular weight excluding hydrogens is 290 g/mol. The van der Waals surface area contributed by atoms with Crippen LogP contribution in [0, 0.1) is 18.8 Å². The summed E-state index contributed by atoms with van der Waals surface area (Å²) in [6.45, 7) is 2.55. The number of carboxylic acid groups (broad SMARTS) is 1. The lowest BCUT2D eigenvalue weighted by atomic mass is 9.93. The van der Waals surface area contributed by atoms with Gasteiger partial charge >= 0.3 is 5.97 Å². The molecule has 2 heterocycles. The molecule has 2 fully saturated rings. The number of nitrogens with one attached hydrogen (secondary N) is 1. The fourth-order valence-corrected chi connectivity index (χ4v) is 4.45. The third-order valence-corrected chi connectivity index (χ3v) is 5.72. The van der Waals surface area contributed by atoms with Gasteiger partial charge in [0, 0.05) is 7.05 Å². The van der Waals surface area contributed by atoms with Crippen molar-refractivity contribution in [2.75, 3.05) is 18.5 Å². The number of likely N-dealkylation sites (N-methyl/N-ethyl adjacent to an activating group) is 1. The Bertz CT molecular complexity index is 586. The molecule has 114 valence electrons. The lowest BCUT2D eigenvalue weighted by Crippen LogP contribution is -2.45. The minimum Gasteiger partial charge on any atom is -0.478 e. The Balaban J connectivity index is 1.83. The van der Waals surface area contributed by atoms with Crippen LogP contribution in [0.4, 0.5) is 5.00 Å². The number of fused-ring (bicyclic) bond motifs is 1. The number of aryl methyl sites for hydroxylation is 1. The summed E-state index contributed by atoms with van der Waals surface area (Å²) in [5, 5.41) is 13.0. The van der Waals surface area contributed by atoms with E-state index in [9.17, 15) is 14.7 Å². The van der Waals surface area contributed by atoms with Gasteiger partial charge in [0.2, 0.25) is 5.91 Å². The summed E-state index contributed by atoms with van der Waals surface area (Å²) >= 11 is 1.07. The third kappa shape index (κ3) is 2.34. The van der Waals surface area contributed by atoms with Crippen molar-refractivity contribution >= 4 is 28.4 Å². The van der Waals surface area contributed by atoms with Crippen molar-refractivity contribution in [1.29, 1.82) is 0 Å². The summed E-state index contributed by atoms with van der Waals surface area (Å²) in [5.41, 5.74) is 0.595. The van der Waals surface area contributed by atoms with Gasteiger partial charge in [0.25, 0.3) is 0 Å². The van der Waals surface area contributed by atoms with E-state index in [1.165, 1.54) is 17.7 Å². The highest BCUT2D eigenvalue weighted by Gasteiger charge is 2.44. The van der Waals surface area contributed by atoms with Crippen LogP contribution in [0.25, 0.3) is 0 Å². The number of carbonyl (C=O) groups excluding carboxylic acids is 1. The molecule has 0 aromatic carbocycles. The molecule has 0 spiro atoms. The molecule has 7 heteroatoms. The van der Waals surface area contributed by atoms with Crippen molar-refractivity contribution in [2.24, 2.45) is 11.8 Å². The van der Waals surface area contributed by atoms with Crippen LogP contribution in [-0.4, -0.2) is 41.0 Å². The topological polar surface area (TPSA) is 82.5 Å². The van der Waals surface area contributed by atoms with Crippen LogP contribution in [0.3, 0.4) is 0 Å². The van der Waals surface area contributed by atoms with E-state index in [0.29, 0.717) is 22.5 Å². The largest absolute Gasteiger partial charge is 0.478 e. The van der Waals surface area contributed by atoms with Gasteiger partial charge in [0.1, 0.15) is 10.6 Å². The van der Waals surface area contributed by atoms with Crippen molar-refractivity contribution < 1.29 is 14.7 Å². The molecule has 1 aromatic heterocycles. The zero-order valence-corrected chi connectivity index (χ0v) is 12.9. The first-order valence-corrected chi connectivity index (χ1v) is 7.98. The number of anilines is 1. The maximum Gasteiger partial charge on any atom is 0.340 e. The minimum absolute atomic E-state index is 0.0458. The van der Waals surface area contributed by atoms with E-state index >= 15 is 0 Å². The van der Waals surface area contributed by atoms with Gasteiger partial charge in [-0.2, -0.15) is 4.37 Å². The average molecular weight is 309 g/mol. The second-order valence-electron chi connectivity index (χ2n) is 5.89. The number of aromatic nitrogens is 1. The predicted molar refractivity (Wildman–Crippen MR) is 79.8 cm³/mol. The normalized spacial score (nSPS) is 27.6. The van der Waals surface area contributed by atoms with Crippen LogP contribution in [0.5, 0.6) is 0 Å². The lowest BCUT2D eigenvalue weighted by molar-refractivity contribution is -0.120. The number of carboxylic acids is 1. The summed E-state index contributed by atoms with van der Waals surface area (Å²) in [4.78, 5) is 25.5. The first-order chi connectivity index (χ1) is 10.0. The second kappa shape index (κ2) is 5.38. The number of amides is 1. The van der Waals surface area contributed by atoms with Gasteiger partial charge in [0.05, 0.1) is 11.7 Å². The molecule has 21 heavy (non-hydrogen) atoms. The second-order valence-corrected chi connectivity index (χ2v) is 6.64. The number of hydrogen-bond acceptors (Lipinski definition) is 5.